The Kier molecular flexibility index (Phi) is 4.28. The Morgan fingerprint density at radius 1 is 1.22 bits per heavy atom. The summed E-state index contributed by atoms with van der Waals surface area (Å²) >= 11 is 0. The van der Waals surface area contributed by atoms with Crippen molar-refractivity contribution in [2.75, 3.05) is 11.4 Å². The molecule has 1 fully saturated rings. The average molecular weight is 246 g/mol. The SMILES string of the molecule is CC(C)CN(c1ccccc1CC(C)N)C1CC1. The van der Waals surface area contributed by atoms with Crippen molar-refractivity contribution >= 4 is 5.69 Å². The highest BCUT2D eigenvalue weighted by Crippen LogP contribution is 2.34. The number of benzene rings is 1. The summed E-state index contributed by atoms with van der Waals surface area (Å²) in [4.78, 5) is 2.60. The van der Waals surface area contributed by atoms with Crippen molar-refractivity contribution in [3.63, 3.8) is 0 Å². The maximum atomic E-state index is 5.97. The first kappa shape index (κ1) is 13.4. The Labute approximate surface area is 111 Å². The van der Waals surface area contributed by atoms with Gasteiger partial charge in [0.15, 0.2) is 0 Å². The smallest absolute Gasteiger partial charge is 0.0401 e. The minimum absolute atomic E-state index is 0.228. The van der Waals surface area contributed by atoms with Crippen molar-refractivity contribution in [3.05, 3.63) is 29.8 Å². The zero-order chi connectivity index (χ0) is 13.1. The highest BCUT2D eigenvalue weighted by molar-refractivity contribution is 5.55. The topological polar surface area (TPSA) is 29.3 Å². The van der Waals surface area contributed by atoms with Crippen LogP contribution in [0.1, 0.15) is 39.2 Å². The number of hydrogen-bond acceptors (Lipinski definition) is 2. The molecule has 0 bridgehead atoms. The Hall–Kier alpha value is -1.02. The second kappa shape index (κ2) is 5.75. The Morgan fingerprint density at radius 2 is 1.89 bits per heavy atom. The lowest BCUT2D eigenvalue weighted by atomic mass is 10.0. The second-order valence-corrected chi connectivity index (χ2v) is 6.09. The lowest BCUT2D eigenvalue weighted by Gasteiger charge is -2.29. The molecule has 2 heteroatoms. The number of nitrogens with zero attached hydrogens (tertiary/aromatic N) is 1. The molecule has 1 aliphatic carbocycles. The monoisotopic (exact) mass is 246 g/mol. The molecule has 0 spiro atoms. The van der Waals surface area contributed by atoms with Gasteiger partial charge in [-0.3, -0.25) is 0 Å². The van der Waals surface area contributed by atoms with Crippen molar-refractivity contribution in [2.45, 2.75) is 52.1 Å². The summed E-state index contributed by atoms with van der Waals surface area (Å²) in [6, 6.07) is 9.76. The van der Waals surface area contributed by atoms with Gasteiger partial charge in [-0.2, -0.15) is 0 Å². The van der Waals surface area contributed by atoms with Crippen LogP contribution < -0.4 is 10.6 Å². The fourth-order valence-electron chi connectivity index (χ4n) is 2.53. The third kappa shape index (κ3) is 3.49. The van der Waals surface area contributed by atoms with Gasteiger partial charge in [0.25, 0.3) is 0 Å². The van der Waals surface area contributed by atoms with Crippen LogP contribution in [0.15, 0.2) is 24.3 Å². The van der Waals surface area contributed by atoms with Crippen LogP contribution >= 0.6 is 0 Å². The van der Waals surface area contributed by atoms with Gasteiger partial charge in [0.05, 0.1) is 0 Å². The van der Waals surface area contributed by atoms with E-state index in [-0.39, 0.29) is 6.04 Å². The maximum absolute atomic E-state index is 5.97. The molecule has 1 unspecified atom stereocenters. The van der Waals surface area contributed by atoms with Crippen LogP contribution in [0.3, 0.4) is 0 Å². The van der Waals surface area contributed by atoms with E-state index in [9.17, 15) is 0 Å². The van der Waals surface area contributed by atoms with Gasteiger partial charge in [-0.1, -0.05) is 32.0 Å². The van der Waals surface area contributed by atoms with Gasteiger partial charge in [0, 0.05) is 24.3 Å². The summed E-state index contributed by atoms with van der Waals surface area (Å²) < 4.78 is 0. The van der Waals surface area contributed by atoms with E-state index in [2.05, 4.69) is 49.9 Å². The molecular weight excluding hydrogens is 220 g/mol. The average Bonchev–Trinajstić information content (AvgIpc) is 3.09. The van der Waals surface area contributed by atoms with Crippen molar-refractivity contribution < 1.29 is 0 Å². The van der Waals surface area contributed by atoms with E-state index in [1.165, 1.54) is 24.1 Å². The number of anilines is 1. The molecule has 1 aromatic rings. The highest BCUT2D eigenvalue weighted by atomic mass is 15.2. The second-order valence-electron chi connectivity index (χ2n) is 6.09. The van der Waals surface area contributed by atoms with Crippen molar-refractivity contribution in [1.29, 1.82) is 0 Å². The Morgan fingerprint density at radius 3 is 2.44 bits per heavy atom. The molecule has 0 radical (unpaired) electrons. The van der Waals surface area contributed by atoms with E-state index in [1.807, 2.05) is 0 Å². The van der Waals surface area contributed by atoms with Gasteiger partial charge < -0.3 is 10.6 Å². The number of nitrogens with two attached hydrogens (primary N) is 1. The molecular formula is C16H26N2. The molecule has 2 N–H and O–H groups in total. The third-order valence-electron chi connectivity index (χ3n) is 3.39. The van der Waals surface area contributed by atoms with E-state index in [1.54, 1.807) is 0 Å². The van der Waals surface area contributed by atoms with Crippen molar-refractivity contribution in [1.82, 2.24) is 0 Å². The number of para-hydroxylation sites is 1. The van der Waals surface area contributed by atoms with Gasteiger partial charge in [-0.15, -0.1) is 0 Å². The molecule has 0 amide bonds. The predicted molar refractivity (Wildman–Crippen MR) is 79.0 cm³/mol. The normalized spacial score (nSPS) is 16.9. The van der Waals surface area contributed by atoms with Crippen LogP contribution in [0.25, 0.3) is 0 Å². The maximum Gasteiger partial charge on any atom is 0.0401 e. The van der Waals surface area contributed by atoms with Crippen LogP contribution in [-0.4, -0.2) is 18.6 Å². The van der Waals surface area contributed by atoms with E-state index in [0.29, 0.717) is 5.92 Å². The standard InChI is InChI=1S/C16H26N2/c1-12(2)11-18(15-8-9-15)16-7-5-4-6-14(16)10-13(3)17/h4-7,12-13,15H,8-11,17H2,1-3H3. The van der Waals surface area contributed by atoms with Crippen LogP contribution in [0, 0.1) is 5.92 Å². The number of rotatable bonds is 6. The van der Waals surface area contributed by atoms with Gasteiger partial charge in [0.1, 0.15) is 0 Å². The molecule has 1 aromatic carbocycles. The first-order valence-corrected chi connectivity index (χ1v) is 7.18. The van der Waals surface area contributed by atoms with Gasteiger partial charge in [0.2, 0.25) is 0 Å². The van der Waals surface area contributed by atoms with Crippen molar-refractivity contribution in [3.8, 4) is 0 Å². The molecule has 1 atom stereocenters. The summed E-state index contributed by atoms with van der Waals surface area (Å²) in [5.41, 5.74) is 8.78. The van der Waals surface area contributed by atoms with E-state index < -0.39 is 0 Å². The van der Waals surface area contributed by atoms with Gasteiger partial charge in [-0.05, 0) is 43.7 Å². The van der Waals surface area contributed by atoms with E-state index in [0.717, 1.165) is 19.0 Å². The summed E-state index contributed by atoms with van der Waals surface area (Å²) in [6.07, 6.45) is 3.66. The lowest BCUT2D eigenvalue weighted by molar-refractivity contribution is 0.604. The molecule has 100 valence electrons. The predicted octanol–water partition coefficient (Wildman–Crippen LogP) is 3.20. The van der Waals surface area contributed by atoms with Crippen LogP contribution in [0.2, 0.25) is 0 Å². The molecule has 0 heterocycles. The molecule has 1 saturated carbocycles. The summed E-state index contributed by atoms with van der Waals surface area (Å²) in [6.45, 7) is 7.83. The quantitative estimate of drug-likeness (QED) is 0.835. The van der Waals surface area contributed by atoms with E-state index >= 15 is 0 Å². The molecule has 0 aliphatic heterocycles. The zero-order valence-corrected chi connectivity index (χ0v) is 11.9. The fraction of sp³-hybridized carbons (Fsp3) is 0.625. The minimum atomic E-state index is 0.228. The summed E-state index contributed by atoms with van der Waals surface area (Å²) in [7, 11) is 0. The van der Waals surface area contributed by atoms with Gasteiger partial charge >= 0.3 is 0 Å². The van der Waals surface area contributed by atoms with Crippen LogP contribution in [0.4, 0.5) is 5.69 Å². The molecule has 18 heavy (non-hydrogen) atoms. The fourth-order valence-corrected chi connectivity index (χ4v) is 2.53. The molecule has 2 nitrogen and oxygen atoms in total. The summed E-state index contributed by atoms with van der Waals surface area (Å²) in [5, 5.41) is 0. The number of hydrogen-bond donors (Lipinski definition) is 1. The Balaban J connectivity index is 2.22. The lowest BCUT2D eigenvalue weighted by Crippen LogP contribution is -2.31. The Bertz CT molecular complexity index is 380. The van der Waals surface area contributed by atoms with Gasteiger partial charge in [-0.25, -0.2) is 0 Å². The van der Waals surface area contributed by atoms with E-state index in [4.69, 9.17) is 5.73 Å². The van der Waals surface area contributed by atoms with Crippen LogP contribution in [-0.2, 0) is 6.42 Å². The van der Waals surface area contributed by atoms with Crippen LogP contribution in [0.5, 0.6) is 0 Å². The highest BCUT2D eigenvalue weighted by Gasteiger charge is 2.30. The van der Waals surface area contributed by atoms with Crippen molar-refractivity contribution in [2.24, 2.45) is 11.7 Å². The first-order valence-electron chi connectivity index (χ1n) is 7.18. The molecule has 0 saturated heterocycles. The third-order valence-corrected chi connectivity index (χ3v) is 3.39. The molecule has 2 rings (SSSR count). The first-order chi connectivity index (χ1) is 8.58. The zero-order valence-electron chi connectivity index (χ0n) is 11.9. The molecule has 0 aromatic heterocycles. The molecule has 1 aliphatic rings. The minimum Gasteiger partial charge on any atom is -0.368 e. The largest absolute Gasteiger partial charge is 0.368 e. The summed E-state index contributed by atoms with van der Waals surface area (Å²) in [5.74, 6) is 0.703.